The number of amides is 7. The fourth-order valence-electron chi connectivity index (χ4n) is 4.54. The molecule has 15 heteroatoms. The van der Waals surface area contributed by atoms with Crippen molar-refractivity contribution in [3.05, 3.63) is 42.0 Å². The van der Waals surface area contributed by atoms with Crippen LogP contribution in [0, 0.1) is 11.8 Å². The monoisotopic (exact) mass is 656 g/mol. The number of imide groups is 1. The minimum atomic E-state index is -1.19. The van der Waals surface area contributed by atoms with Gasteiger partial charge in [0, 0.05) is 44.1 Å². The van der Waals surface area contributed by atoms with Crippen LogP contribution in [0.4, 0.5) is 5.69 Å². The largest absolute Gasteiger partial charge is 0.461 e. The fraction of sp³-hybridized carbons (Fsp3) is 0.500. The zero-order valence-corrected chi connectivity index (χ0v) is 27.3. The maximum atomic E-state index is 13.5. The van der Waals surface area contributed by atoms with Gasteiger partial charge >= 0.3 is 5.97 Å². The van der Waals surface area contributed by atoms with Gasteiger partial charge in [0.2, 0.25) is 29.5 Å². The molecule has 1 aromatic carbocycles. The number of hydrogen-bond donors (Lipinski definition) is 5. The Bertz CT molecular complexity index is 1360. The van der Waals surface area contributed by atoms with E-state index in [2.05, 4.69) is 21.3 Å². The highest BCUT2D eigenvalue weighted by atomic mass is 16.5. The van der Waals surface area contributed by atoms with Crippen LogP contribution in [0.2, 0.25) is 0 Å². The lowest BCUT2D eigenvalue weighted by Crippen LogP contribution is -2.58. The number of esters is 1. The second-order valence-corrected chi connectivity index (χ2v) is 11.9. The van der Waals surface area contributed by atoms with Gasteiger partial charge in [-0.05, 0) is 42.4 Å². The minimum Gasteiger partial charge on any atom is -0.461 e. The van der Waals surface area contributed by atoms with Gasteiger partial charge in [0.05, 0.1) is 0 Å². The number of ether oxygens (including phenoxy) is 1. The molecule has 1 aliphatic heterocycles. The summed E-state index contributed by atoms with van der Waals surface area (Å²) in [5, 5.41) is 10.6. The summed E-state index contributed by atoms with van der Waals surface area (Å²) < 4.78 is 4.95. The van der Waals surface area contributed by atoms with Gasteiger partial charge in [-0.2, -0.15) is 0 Å². The predicted molar refractivity (Wildman–Crippen MR) is 170 cm³/mol. The Hall–Kier alpha value is -5.08. The van der Waals surface area contributed by atoms with Gasteiger partial charge in [-0.3, -0.25) is 43.3 Å². The molecule has 0 aromatic heterocycles. The highest BCUT2D eigenvalue weighted by molar-refractivity contribution is 6.13. The normalized spacial score (nSPS) is 14.4. The Morgan fingerprint density at radius 2 is 1.43 bits per heavy atom. The molecule has 0 aliphatic carbocycles. The van der Waals surface area contributed by atoms with Crippen molar-refractivity contribution >= 4 is 53.0 Å². The first-order valence-electron chi connectivity index (χ1n) is 15.3. The molecule has 0 saturated carbocycles. The van der Waals surface area contributed by atoms with Crippen LogP contribution in [-0.4, -0.2) is 76.9 Å². The number of nitrogens with zero attached hydrogens (tertiary/aromatic N) is 1. The Morgan fingerprint density at radius 3 is 1.96 bits per heavy atom. The third-order valence-electron chi connectivity index (χ3n) is 7.04. The molecule has 1 heterocycles. The van der Waals surface area contributed by atoms with Crippen LogP contribution in [0.25, 0.3) is 0 Å². The lowest BCUT2D eigenvalue weighted by molar-refractivity contribution is -0.142. The highest BCUT2D eigenvalue weighted by Gasteiger charge is 2.32. The number of benzene rings is 1. The molecule has 15 nitrogen and oxygen atoms in total. The second kappa shape index (κ2) is 18.2. The van der Waals surface area contributed by atoms with Crippen LogP contribution >= 0.6 is 0 Å². The molecule has 256 valence electrons. The van der Waals surface area contributed by atoms with E-state index in [9.17, 15) is 38.4 Å². The molecule has 1 aliphatic rings. The molecule has 0 unspecified atom stereocenters. The second-order valence-electron chi connectivity index (χ2n) is 11.9. The number of carbonyl (C=O) groups is 8. The van der Waals surface area contributed by atoms with Crippen LogP contribution in [0.3, 0.4) is 0 Å². The molecule has 3 atom stereocenters. The van der Waals surface area contributed by atoms with Crippen molar-refractivity contribution in [2.24, 2.45) is 17.6 Å². The topological polar surface area (TPSA) is 223 Å². The van der Waals surface area contributed by atoms with Crippen LogP contribution in [-0.2, 0) is 49.7 Å². The van der Waals surface area contributed by atoms with Gasteiger partial charge in [0.1, 0.15) is 24.7 Å². The van der Waals surface area contributed by atoms with Crippen LogP contribution in [0.1, 0.15) is 65.9 Å². The van der Waals surface area contributed by atoms with Crippen molar-refractivity contribution in [3.8, 4) is 0 Å². The van der Waals surface area contributed by atoms with Gasteiger partial charge in [-0.1, -0.05) is 39.8 Å². The van der Waals surface area contributed by atoms with Crippen LogP contribution in [0.5, 0.6) is 0 Å². The van der Waals surface area contributed by atoms with Gasteiger partial charge in [0.25, 0.3) is 11.8 Å². The van der Waals surface area contributed by atoms with Gasteiger partial charge < -0.3 is 31.7 Å². The maximum absolute atomic E-state index is 13.5. The van der Waals surface area contributed by atoms with E-state index in [-0.39, 0.29) is 44.8 Å². The Labute approximate surface area is 273 Å². The van der Waals surface area contributed by atoms with E-state index >= 15 is 0 Å². The molecule has 0 spiro atoms. The molecular weight excluding hydrogens is 612 g/mol. The summed E-state index contributed by atoms with van der Waals surface area (Å²) in [5.41, 5.74) is 6.37. The molecular formula is C32H44N6O9. The molecule has 7 amide bonds. The van der Waals surface area contributed by atoms with Gasteiger partial charge in [-0.15, -0.1) is 0 Å². The molecule has 6 N–H and O–H groups in total. The average molecular weight is 657 g/mol. The zero-order chi connectivity index (χ0) is 35.3. The minimum absolute atomic E-state index is 0.0269. The summed E-state index contributed by atoms with van der Waals surface area (Å²) in [5.74, 6) is -5.16. The van der Waals surface area contributed by atoms with E-state index in [0.717, 1.165) is 17.1 Å². The van der Waals surface area contributed by atoms with Crippen LogP contribution in [0.15, 0.2) is 36.4 Å². The first kappa shape index (κ1) is 38.1. The summed E-state index contributed by atoms with van der Waals surface area (Å²) in [6.07, 6.45) is 1.92. The molecule has 0 saturated heterocycles. The predicted octanol–water partition coefficient (Wildman–Crippen LogP) is 0.425. The highest BCUT2D eigenvalue weighted by Crippen LogP contribution is 2.14. The molecule has 0 radical (unpaired) electrons. The van der Waals surface area contributed by atoms with E-state index < -0.39 is 71.4 Å². The summed E-state index contributed by atoms with van der Waals surface area (Å²) >= 11 is 0. The SMILES string of the molecule is CC(=O)OCc1ccc(NC(=O)[C@H](CCC(N)=O)NC(=O)[C@@H](NC(=O)[C@@H](CC(C)C)NC(=O)CCN2C(=O)C=CC2=O)C(C)C)cc1. The summed E-state index contributed by atoms with van der Waals surface area (Å²) in [6.45, 7) is 8.27. The number of anilines is 1. The average Bonchev–Trinajstić information content (AvgIpc) is 3.31. The van der Waals surface area contributed by atoms with Crippen molar-refractivity contribution < 1.29 is 43.1 Å². The lowest BCUT2D eigenvalue weighted by atomic mass is 9.99. The Kier molecular flexibility index (Phi) is 14.7. The first-order valence-corrected chi connectivity index (χ1v) is 15.3. The lowest BCUT2D eigenvalue weighted by Gasteiger charge is -2.28. The van der Waals surface area contributed by atoms with Crippen molar-refractivity contribution in [3.63, 3.8) is 0 Å². The standard InChI is InChI=1S/C32H44N6O9/c1-18(2)16-24(35-26(41)14-15-38-27(42)12-13-28(38)43)31(45)37-29(19(3)4)32(46)36-23(10-11-25(33)40)30(44)34-22-8-6-21(7-9-22)17-47-20(5)39/h6-9,12-13,18-19,23-24,29H,10-11,14-17H2,1-5H3,(H2,33,40)(H,34,44)(H,35,41)(H,36,46)(H,37,45)/t23-,24+,29-/m0/s1. The first-order chi connectivity index (χ1) is 22.1. The molecule has 0 bridgehead atoms. The molecule has 1 aromatic rings. The number of carbonyl (C=O) groups excluding carboxylic acids is 8. The fourth-order valence-corrected chi connectivity index (χ4v) is 4.54. The number of hydrogen-bond acceptors (Lipinski definition) is 9. The van der Waals surface area contributed by atoms with Crippen molar-refractivity contribution in [2.75, 3.05) is 11.9 Å². The van der Waals surface area contributed by atoms with Crippen molar-refractivity contribution in [1.29, 1.82) is 0 Å². The quantitative estimate of drug-likeness (QED) is 0.109. The van der Waals surface area contributed by atoms with Gasteiger partial charge in [0.15, 0.2) is 0 Å². The van der Waals surface area contributed by atoms with Gasteiger partial charge in [-0.25, -0.2) is 0 Å². The summed E-state index contributed by atoms with van der Waals surface area (Å²) in [6, 6.07) is 3.13. The zero-order valence-electron chi connectivity index (χ0n) is 27.3. The third kappa shape index (κ3) is 13.0. The van der Waals surface area contributed by atoms with E-state index in [1.165, 1.54) is 6.92 Å². The Morgan fingerprint density at radius 1 is 0.809 bits per heavy atom. The van der Waals surface area contributed by atoms with Crippen molar-refractivity contribution in [2.45, 2.75) is 85.0 Å². The Balaban J connectivity index is 2.10. The third-order valence-corrected chi connectivity index (χ3v) is 7.04. The van der Waals surface area contributed by atoms with Crippen LogP contribution < -0.4 is 27.0 Å². The summed E-state index contributed by atoms with van der Waals surface area (Å²) in [4.78, 5) is 99.8. The summed E-state index contributed by atoms with van der Waals surface area (Å²) in [7, 11) is 0. The molecule has 0 fully saturated rings. The number of nitrogens with one attached hydrogen (secondary N) is 4. The van der Waals surface area contributed by atoms with E-state index in [4.69, 9.17) is 10.5 Å². The molecule has 47 heavy (non-hydrogen) atoms. The maximum Gasteiger partial charge on any atom is 0.302 e. The van der Waals surface area contributed by atoms with E-state index in [1.54, 1.807) is 38.1 Å². The smallest absolute Gasteiger partial charge is 0.302 e. The number of primary amides is 1. The van der Waals surface area contributed by atoms with Crippen molar-refractivity contribution in [1.82, 2.24) is 20.9 Å². The molecule has 2 rings (SSSR count). The van der Waals surface area contributed by atoms with E-state index in [0.29, 0.717) is 11.3 Å². The number of rotatable bonds is 18. The number of nitrogens with two attached hydrogens (primary N) is 1. The van der Waals surface area contributed by atoms with E-state index in [1.807, 2.05) is 13.8 Å².